The van der Waals surface area contributed by atoms with Crippen molar-refractivity contribution < 1.29 is 31.5 Å². The first-order chi connectivity index (χ1) is 8.27. The van der Waals surface area contributed by atoms with Crippen LogP contribution in [0, 0.1) is 0 Å². The molecule has 0 heterocycles. The monoisotopic (exact) mass is 290 g/mol. The van der Waals surface area contributed by atoms with Gasteiger partial charge in [-0.25, -0.2) is 0 Å². The topological polar surface area (TPSA) is 58.2 Å². The predicted octanol–water partition coefficient (Wildman–Crippen LogP) is 1.60. The lowest BCUT2D eigenvalue weighted by Crippen LogP contribution is -2.51. The molecule has 0 saturated carbocycles. The summed E-state index contributed by atoms with van der Waals surface area (Å²) >= 11 is 0. The molecule has 0 saturated heterocycles. The minimum Gasteiger partial charge on any atom is -0.351 e. The zero-order chi connectivity index (χ0) is 15.5. The second-order valence-corrected chi connectivity index (χ2v) is 4.88. The fourth-order valence-corrected chi connectivity index (χ4v) is 1.01. The van der Waals surface area contributed by atoms with Crippen molar-refractivity contribution in [3.05, 3.63) is 0 Å². The third-order valence-corrected chi connectivity index (χ3v) is 1.79. The first-order valence-electron chi connectivity index (χ1n) is 5.31. The van der Waals surface area contributed by atoms with Crippen molar-refractivity contribution in [3.63, 3.8) is 0 Å². The van der Waals surface area contributed by atoms with Gasteiger partial charge in [0.15, 0.2) is 0 Å². The van der Waals surface area contributed by atoms with Crippen LogP contribution in [0.5, 0.6) is 0 Å². The van der Waals surface area contributed by atoms with E-state index in [2.05, 4.69) is 5.32 Å². The zero-order valence-corrected chi connectivity index (χ0v) is 10.6. The van der Waals surface area contributed by atoms with E-state index in [1.807, 2.05) is 0 Å². The molecule has 0 radical (unpaired) electrons. The van der Waals surface area contributed by atoms with E-state index in [0.717, 1.165) is 0 Å². The third kappa shape index (κ3) is 5.84. The zero-order valence-electron chi connectivity index (χ0n) is 10.6. The molecule has 4 nitrogen and oxygen atoms in total. The van der Waals surface area contributed by atoms with Crippen LogP contribution in [0.25, 0.3) is 0 Å². The lowest BCUT2D eigenvalue weighted by molar-refractivity contribution is -0.269. The fraction of sp³-hybridized carbons (Fsp3) is 0.800. The average molecular weight is 290 g/mol. The van der Waals surface area contributed by atoms with E-state index in [4.69, 9.17) is 0 Å². The second kappa shape index (κ2) is 5.70. The van der Waals surface area contributed by atoms with Gasteiger partial charge in [-0.1, -0.05) is 0 Å². The Morgan fingerprint density at radius 3 is 1.84 bits per heavy atom. The first kappa shape index (κ1) is 17.6. The van der Waals surface area contributed by atoms with Crippen LogP contribution >= 0.6 is 0 Å². The van der Waals surface area contributed by atoms with E-state index in [0.29, 0.717) is 0 Å². The van der Waals surface area contributed by atoms with Crippen molar-refractivity contribution in [2.24, 2.45) is 0 Å². The Kier molecular flexibility index (Phi) is 5.28. The molecule has 0 atom stereocenters. The number of hydrogen-bond donors (Lipinski definition) is 2. The smallest absolute Gasteiger partial charge is 0.351 e. The molecule has 2 amide bonds. The maximum absolute atomic E-state index is 12.5. The van der Waals surface area contributed by atoms with Crippen LogP contribution in [-0.2, 0) is 9.59 Å². The Bertz CT molecular complexity index is 347. The Balaban J connectivity index is 4.23. The highest BCUT2D eigenvalue weighted by molar-refractivity contribution is 5.85. The van der Waals surface area contributed by atoms with Crippen molar-refractivity contribution in [2.75, 3.05) is 6.54 Å². The summed E-state index contributed by atoms with van der Waals surface area (Å²) in [6.45, 7) is 4.40. The Morgan fingerprint density at radius 2 is 1.47 bits per heavy atom. The van der Waals surface area contributed by atoms with Crippen LogP contribution in [0.1, 0.15) is 27.2 Å². The summed E-state index contributed by atoms with van der Waals surface area (Å²) in [6.07, 6.45) is -6.35. The highest BCUT2D eigenvalue weighted by Crippen LogP contribution is 2.35. The molecule has 0 aliphatic rings. The number of rotatable bonds is 4. The molecular formula is C10H15F5N2O2. The van der Waals surface area contributed by atoms with Crippen molar-refractivity contribution in [3.8, 4) is 0 Å². The Morgan fingerprint density at radius 1 is 1.00 bits per heavy atom. The molecular weight excluding hydrogens is 275 g/mol. The molecule has 0 rings (SSSR count). The van der Waals surface area contributed by atoms with Crippen LogP contribution in [0.3, 0.4) is 0 Å². The van der Waals surface area contributed by atoms with Crippen LogP contribution < -0.4 is 10.6 Å². The highest BCUT2D eigenvalue weighted by atomic mass is 19.4. The molecule has 19 heavy (non-hydrogen) atoms. The lowest BCUT2D eigenvalue weighted by atomic mass is 10.1. The average Bonchev–Trinajstić information content (AvgIpc) is 2.12. The molecule has 2 N–H and O–H groups in total. The van der Waals surface area contributed by atoms with Gasteiger partial charge < -0.3 is 10.6 Å². The van der Waals surface area contributed by atoms with Crippen LogP contribution in [0.2, 0.25) is 0 Å². The number of nitrogens with one attached hydrogen (secondary N) is 2. The van der Waals surface area contributed by atoms with Crippen LogP contribution in [0.4, 0.5) is 22.0 Å². The number of carbonyl (C=O) groups is 2. The summed E-state index contributed by atoms with van der Waals surface area (Å²) in [4.78, 5) is 21.9. The van der Waals surface area contributed by atoms with Gasteiger partial charge in [-0.15, -0.1) is 0 Å². The molecule has 0 bridgehead atoms. The van der Waals surface area contributed by atoms with Gasteiger partial charge in [-0.3, -0.25) is 9.59 Å². The van der Waals surface area contributed by atoms with Gasteiger partial charge in [0.05, 0.1) is 0 Å². The van der Waals surface area contributed by atoms with Gasteiger partial charge >= 0.3 is 12.1 Å². The maximum Gasteiger partial charge on any atom is 0.463 e. The van der Waals surface area contributed by atoms with Crippen LogP contribution in [0.15, 0.2) is 0 Å². The molecule has 112 valence electrons. The number of halogens is 5. The molecule has 0 aromatic carbocycles. The summed E-state index contributed by atoms with van der Waals surface area (Å²) in [5.41, 5.74) is -0.559. The minimum absolute atomic E-state index is 0.392. The van der Waals surface area contributed by atoms with E-state index in [1.165, 1.54) is 5.32 Å². The van der Waals surface area contributed by atoms with Crippen molar-refractivity contribution in [1.29, 1.82) is 0 Å². The van der Waals surface area contributed by atoms with Crippen molar-refractivity contribution >= 4 is 11.8 Å². The van der Waals surface area contributed by atoms with Crippen molar-refractivity contribution in [1.82, 2.24) is 10.6 Å². The number of alkyl halides is 5. The summed E-state index contributed by atoms with van der Waals surface area (Å²) in [7, 11) is 0. The van der Waals surface area contributed by atoms with Gasteiger partial charge in [0.1, 0.15) is 0 Å². The van der Waals surface area contributed by atoms with Gasteiger partial charge in [-0.2, -0.15) is 22.0 Å². The summed E-state index contributed by atoms with van der Waals surface area (Å²) < 4.78 is 60.4. The number of carbonyl (C=O) groups excluding carboxylic acids is 2. The van der Waals surface area contributed by atoms with Crippen molar-refractivity contribution in [2.45, 2.75) is 44.8 Å². The molecule has 0 aliphatic carbocycles. The van der Waals surface area contributed by atoms with E-state index in [9.17, 15) is 31.5 Å². The fourth-order valence-electron chi connectivity index (χ4n) is 1.01. The molecule has 0 spiro atoms. The molecule has 0 aliphatic heterocycles. The quantitative estimate of drug-likeness (QED) is 0.773. The predicted molar refractivity (Wildman–Crippen MR) is 56.5 cm³/mol. The normalized spacial score (nSPS) is 13.1. The Labute approximate surface area is 106 Å². The lowest BCUT2D eigenvalue weighted by Gasteiger charge is -2.21. The van der Waals surface area contributed by atoms with Gasteiger partial charge in [0, 0.05) is 18.5 Å². The molecule has 0 aromatic heterocycles. The molecule has 0 unspecified atom stereocenters. The number of amides is 2. The standard InChI is InChI=1S/C10H15F5N2O2/c1-8(2,3)17-6(18)4-5-16-7(19)9(11,12)10(13,14)15/h4-5H2,1-3H3,(H,16,19)(H,17,18). The van der Waals surface area contributed by atoms with Crippen LogP contribution in [-0.4, -0.2) is 36.0 Å². The van der Waals surface area contributed by atoms with E-state index >= 15 is 0 Å². The van der Waals surface area contributed by atoms with E-state index < -0.39 is 42.4 Å². The minimum atomic E-state index is -5.95. The number of hydrogen-bond acceptors (Lipinski definition) is 2. The summed E-state index contributed by atoms with van der Waals surface area (Å²) in [6, 6.07) is 0. The molecule has 9 heteroatoms. The third-order valence-electron chi connectivity index (χ3n) is 1.79. The van der Waals surface area contributed by atoms with Gasteiger partial charge in [-0.05, 0) is 20.8 Å². The molecule has 0 aromatic rings. The molecule has 0 fully saturated rings. The first-order valence-corrected chi connectivity index (χ1v) is 5.31. The van der Waals surface area contributed by atoms with Gasteiger partial charge in [0.25, 0.3) is 5.91 Å². The Hall–Kier alpha value is -1.41. The second-order valence-electron chi connectivity index (χ2n) is 4.88. The highest BCUT2D eigenvalue weighted by Gasteiger charge is 2.63. The largest absolute Gasteiger partial charge is 0.463 e. The maximum atomic E-state index is 12.5. The van der Waals surface area contributed by atoms with E-state index in [1.54, 1.807) is 20.8 Å². The SMILES string of the molecule is CC(C)(C)NC(=O)CCNC(=O)C(F)(F)C(F)(F)F. The summed E-state index contributed by atoms with van der Waals surface area (Å²) in [5.74, 6) is -8.50. The van der Waals surface area contributed by atoms with Gasteiger partial charge in [0.2, 0.25) is 5.91 Å². The van der Waals surface area contributed by atoms with E-state index in [-0.39, 0.29) is 0 Å². The summed E-state index contributed by atoms with van der Waals surface area (Å²) in [5, 5.41) is 3.84.